The smallest absolute Gasteiger partial charge is 0.342 e. The van der Waals surface area contributed by atoms with Crippen LogP contribution in [0.4, 0.5) is 5.69 Å². The maximum Gasteiger partial charge on any atom is 0.342 e. The fraction of sp³-hybridized carbons (Fsp3) is 0.211. The molecule has 134 valence electrons. The highest BCUT2D eigenvalue weighted by Crippen LogP contribution is 2.26. The summed E-state index contributed by atoms with van der Waals surface area (Å²) in [7, 11) is 1.47. The topological polar surface area (TPSA) is 88.4 Å². The zero-order valence-corrected chi connectivity index (χ0v) is 15.4. The van der Waals surface area contributed by atoms with E-state index in [1.54, 1.807) is 42.5 Å². The van der Waals surface area contributed by atoms with Gasteiger partial charge in [0, 0.05) is 10.6 Å². The van der Waals surface area contributed by atoms with Crippen molar-refractivity contribution in [1.29, 1.82) is 5.26 Å². The molecule has 0 bridgehead atoms. The van der Waals surface area contributed by atoms with Gasteiger partial charge in [-0.2, -0.15) is 5.26 Å². The van der Waals surface area contributed by atoms with Crippen molar-refractivity contribution >= 4 is 29.3 Å². The molecule has 0 unspecified atom stereocenters. The number of esters is 1. The minimum absolute atomic E-state index is 0.253. The van der Waals surface area contributed by atoms with Crippen LogP contribution in [0.2, 0.25) is 0 Å². The Hall–Kier alpha value is -2.98. The molecule has 7 heteroatoms. The highest BCUT2D eigenvalue weighted by molar-refractivity contribution is 7.98. The van der Waals surface area contributed by atoms with Gasteiger partial charge in [-0.05, 0) is 55.6 Å². The lowest BCUT2D eigenvalue weighted by atomic mass is 10.2. The van der Waals surface area contributed by atoms with Crippen molar-refractivity contribution in [2.24, 2.45) is 0 Å². The summed E-state index contributed by atoms with van der Waals surface area (Å²) in [6, 6.07) is 13.5. The number of amides is 1. The van der Waals surface area contributed by atoms with Crippen molar-refractivity contribution < 1.29 is 19.1 Å². The van der Waals surface area contributed by atoms with Gasteiger partial charge in [0.1, 0.15) is 11.3 Å². The summed E-state index contributed by atoms with van der Waals surface area (Å²) in [5.41, 5.74) is 1.25. The van der Waals surface area contributed by atoms with Gasteiger partial charge in [-0.15, -0.1) is 11.8 Å². The number of benzene rings is 2. The molecule has 2 rings (SSSR count). The monoisotopic (exact) mass is 370 g/mol. The van der Waals surface area contributed by atoms with Gasteiger partial charge < -0.3 is 14.8 Å². The quantitative estimate of drug-likeness (QED) is 0.619. The molecule has 2 aromatic carbocycles. The Balaban J connectivity index is 2.03. The van der Waals surface area contributed by atoms with Crippen LogP contribution in [0.15, 0.2) is 47.4 Å². The Morgan fingerprint density at radius 2 is 1.88 bits per heavy atom. The van der Waals surface area contributed by atoms with E-state index in [4.69, 9.17) is 14.7 Å². The first kappa shape index (κ1) is 19.3. The van der Waals surface area contributed by atoms with E-state index < -0.39 is 18.0 Å². The lowest BCUT2D eigenvalue weighted by Crippen LogP contribution is -2.30. The van der Waals surface area contributed by atoms with E-state index in [-0.39, 0.29) is 5.56 Å². The van der Waals surface area contributed by atoms with E-state index >= 15 is 0 Å². The first-order chi connectivity index (χ1) is 12.5. The molecule has 0 fully saturated rings. The number of carbonyl (C=O) groups excluding carboxylic acids is 2. The number of carbonyl (C=O) groups is 2. The molecular weight excluding hydrogens is 352 g/mol. The third kappa shape index (κ3) is 4.77. The molecule has 0 aliphatic rings. The van der Waals surface area contributed by atoms with E-state index in [2.05, 4.69) is 5.32 Å². The van der Waals surface area contributed by atoms with Crippen molar-refractivity contribution in [2.45, 2.75) is 17.9 Å². The molecule has 1 atom stereocenters. The molecule has 6 nitrogen and oxygen atoms in total. The predicted octanol–water partition coefficient (Wildman–Crippen LogP) is 3.47. The molecule has 0 saturated heterocycles. The van der Waals surface area contributed by atoms with E-state index in [1.807, 2.05) is 12.3 Å². The Bertz CT molecular complexity index is 844. The van der Waals surface area contributed by atoms with Crippen molar-refractivity contribution in [3.05, 3.63) is 53.6 Å². The molecule has 0 spiro atoms. The van der Waals surface area contributed by atoms with Crippen molar-refractivity contribution in [2.75, 3.05) is 18.7 Å². The second kappa shape index (κ2) is 8.92. The number of rotatable bonds is 6. The number of nitrogens with one attached hydrogen (secondary N) is 1. The van der Waals surface area contributed by atoms with Gasteiger partial charge in [0.2, 0.25) is 0 Å². The maximum absolute atomic E-state index is 12.3. The Kier molecular flexibility index (Phi) is 6.64. The highest BCUT2D eigenvalue weighted by Gasteiger charge is 2.21. The fourth-order valence-electron chi connectivity index (χ4n) is 2.12. The number of hydrogen-bond donors (Lipinski definition) is 1. The van der Waals surface area contributed by atoms with E-state index in [0.717, 1.165) is 4.90 Å². The van der Waals surface area contributed by atoms with Crippen molar-refractivity contribution in [3.63, 3.8) is 0 Å². The largest absolute Gasteiger partial charge is 0.496 e. The Labute approximate surface area is 156 Å². The van der Waals surface area contributed by atoms with Crippen LogP contribution < -0.4 is 10.1 Å². The average molecular weight is 370 g/mol. The third-order valence-electron chi connectivity index (χ3n) is 3.56. The van der Waals surface area contributed by atoms with Gasteiger partial charge in [-0.1, -0.05) is 0 Å². The van der Waals surface area contributed by atoms with E-state index in [9.17, 15) is 9.59 Å². The lowest BCUT2D eigenvalue weighted by molar-refractivity contribution is -0.123. The molecule has 0 aliphatic heterocycles. The van der Waals surface area contributed by atoms with E-state index in [1.165, 1.54) is 25.8 Å². The second-order valence-electron chi connectivity index (χ2n) is 5.29. The number of ether oxygens (including phenoxy) is 2. The predicted molar refractivity (Wildman–Crippen MR) is 99.4 cm³/mol. The Morgan fingerprint density at radius 3 is 2.46 bits per heavy atom. The molecule has 1 N–H and O–H groups in total. The van der Waals surface area contributed by atoms with Crippen LogP contribution in [0.1, 0.15) is 22.8 Å². The minimum atomic E-state index is -0.997. The lowest BCUT2D eigenvalue weighted by Gasteiger charge is -2.15. The second-order valence-corrected chi connectivity index (χ2v) is 6.17. The molecular formula is C19H18N2O4S. The Morgan fingerprint density at radius 1 is 1.19 bits per heavy atom. The molecule has 1 amide bonds. The average Bonchev–Trinajstić information content (AvgIpc) is 2.67. The summed E-state index contributed by atoms with van der Waals surface area (Å²) in [6.07, 6.45) is 0.922. The van der Waals surface area contributed by atoms with Gasteiger partial charge in [0.05, 0.1) is 18.7 Å². The van der Waals surface area contributed by atoms with Gasteiger partial charge in [-0.25, -0.2) is 4.79 Å². The summed E-state index contributed by atoms with van der Waals surface area (Å²) < 4.78 is 10.5. The van der Waals surface area contributed by atoms with Crippen molar-refractivity contribution in [3.8, 4) is 11.8 Å². The van der Waals surface area contributed by atoms with E-state index in [0.29, 0.717) is 17.0 Å². The minimum Gasteiger partial charge on any atom is -0.496 e. The molecule has 0 aliphatic carbocycles. The summed E-state index contributed by atoms with van der Waals surface area (Å²) in [5.74, 6) is -0.721. The maximum atomic E-state index is 12.3. The van der Waals surface area contributed by atoms with Crippen molar-refractivity contribution in [1.82, 2.24) is 0 Å². The van der Waals surface area contributed by atoms with Crippen LogP contribution in [0.25, 0.3) is 0 Å². The van der Waals surface area contributed by atoms with Gasteiger partial charge in [-0.3, -0.25) is 4.79 Å². The zero-order valence-electron chi connectivity index (χ0n) is 14.6. The molecule has 0 heterocycles. The summed E-state index contributed by atoms with van der Waals surface area (Å²) >= 11 is 1.53. The first-order valence-electron chi connectivity index (χ1n) is 7.72. The SMILES string of the molecule is COc1cc(SC)ccc1C(=O)O[C@@H](C)C(=O)Nc1ccc(C#N)cc1. The van der Waals surface area contributed by atoms with Gasteiger partial charge in [0.25, 0.3) is 5.91 Å². The van der Waals surface area contributed by atoms with Gasteiger partial charge >= 0.3 is 5.97 Å². The standard InChI is InChI=1S/C19H18N2O4S/c1-12(18(22)21-14-6-4-13(11-20)5-7-14)25-19(23)16-9-8-15(26-3)10-17(16)24-2/h4-10,12H,1-3H3,(H,21,22)/t12-/m0/s1. The van der Waals surface area contributed by atoms with Crippen LogP contribution in [0, 0.1) is 11.3 Å². The normalized spacial score (nSPS) is 11.2. The molecule has 2 aromatic rings. The van der Waals surface area contributed by atoms with Crippen LogP contribution in [0.5, 0.6) is 5.75 Å². The van der Waals surface area contributed by atoms with Gasteiger partial charge in [0.15, 0.2) is 6.10 Å². The highest BCUT2D eigenvalue weighted by atomic mass is 32.2. The fourth-order valence-corrected chi connectivity index (χ4v) is 2.55. The number of hydrogen-bond acceptors (Lipinski definition) is 6. The number of thioether (sulfide) groups is 1. The third-order valence-corrected chi connectivity index (χ3v) is 4.29. The molecule has 0 aromatic heterocycles. The number of nitrogens with zero attached hydrogens (tertiary/aromatic N) is 1. The molecule has 0 radical (unpaired) electrons. The summed E-state index contributed by atoms with van der Waals surface area (Å²) in [4.78, 5) is 25.5. The number of anilines is 1. The summed E-state index contributed by atoms with van der Waals surface area (Å²) in [6.45, 7) is 1.49. The van der Waals surface area contributed by atoms with Crippen LogP contribution >= 0.6 is 11.8 Å². The van der Waals surface area contributed by atoms with Crippen LogP contribution in [0.3, 0.4) is 0 Å². The van der Waals surface area contributed by atoms with Crippen LogP contribution in [-0.2, 0) is 9.53 Å². The first-order valence-corrected chi connectivity index (χ1v) is 8.95. The van der Waals surface area contributed by atoms with Crippen LogP contribution in [-0.4, -0.2) is 31.3 Å². The zero-order chi connectivity index (χ0) is 19.1. The number of methoxy groups -OCH3 is 1. The number of nitriles is 1. The molecule has 0 saturated carbocycles. The summed E-state index contributed by atoms with van der Waals surface area (Å²) in [5, 5.41) is 11.4. The molecule has 26 heavy (non-hydrogen) atoms.